The van der Waals surface area contributed by atoms with E-state index < -0.39 is 5.97 Å². The van der Waals surface area contributed by atoms with Gasteiger partial charge in [0.1, 0.15) is 19.8 Å². The minimum atomic E-state index is -1.05. The zero-order valence-corrected chi connectivity index (χ0v) is 13.9. The lowest BCUT2D eigenvalue weighted by Crippen LogP contribution is -2.39. The number of aliphatic carboxylic acids is 1. The third-order valence-corrected chi connectivity index (χ3v) is 3.48. The maximum absolute atomic E-state index is 12.2. The molecule has 24 heavy (non-hydrogen) atoms. The van der Waals surface area contributed by atoms with Crippen molar-refractivity contribution in [2.24, 2.45) is 0 Å². The number of carbonyl (C=O) groups excluding carboxylic acids is 1. The first-order valence-electron chi connectivity index (χ1n) is 7.60. The van der Waals surface area contributed by atoms with Gasteiger partial charge in [-0.2, -0.15) is 0 Å². The molecule has 1 aromatic rings. The van der Waals surface area contributed by atoms with E-state index in [0.29, 0.717) is 36.0 Å². The third kappa shape index (κ3) is 4.18. The van der Waals surface area contributed by atoms with Crippen LogP contribution in [0.3, 0.4) is 0 Å². The lowest BCUT2D eigenvalue weighted by atomic mass is 10.1. The van der Waals surface area contributed by atoms with Gasteiger partial charge in [0, 0.05) is 12.1 Å². The monoisotopic (exact) mass is 335 g/mol. The summed E-state index contributed by atoms with van der Waals surface area (Å²) in [6, 6.07) is 3.26. The molecule has 1 N–H and O–H groups in total. The van der Waals surface area contributed by atoms with Crippen LogP contribution in [0.15, 0.2) is 18.2 Å². The van der Waals surface area contributed by atoms with Gasteiger partial charge in [0.25, 0.3) is 0 Å². The molecule has 1 aromatic carbocycles. The van der Waals surface area contributed by atoms with Crippen molar-refractivity contribution < 1.29 is 28.9 Å². The van der Waals surface area contributed by atoms with Gasteiger partial charge >= 0.3 is 5.97 Å². The smallest absolute Gasteiger partial charge is 0.323 e. The summed E-state index contributed by atoms with van der Waals surface area (Å²) in [6.45, 7) is 4.09. The van der Waals surface area contributed by atoms with Crippen LogP contribution in [0.4, 0.5) is 0 Å². The van der Waals surface area contributed by atoms with E-state index in [2.05, 4.69) is 0 Å². The minimum absolute atomic E-state index is 0.215. The third-order valence-electron chi connectivity index (χ3n) is 3.48. The topological polar surface area (TPSA) is 85.3 Å². The molecule has 2 rings (SSSR count). The first-order valence-corrected chi connectivity index (χ1v) is 7.60. The fraction of sp³-hybridized carbons (Fsp3) is 0.412. The molecule has 0 fully saturated rings. The highest BCUT2D eigenvalue weighted by atomic mass is 16.6. The number of rotatable bonds is 6. The molecule has 0 bridgehead atoms. The molecule has 130 valence electrons. The molecule has 0 spiro atoms. The van der Waals surface area contributed by atoms with E-state index in [1.807, 2.05) is 0 Å². The number of nitrogens with zero attached hydrogens (tertiary/aromatic N) is 1. The van der Waals surface area contributed by atoms with E-state index >= 15 is 0 Å². The largest absolute Gasteiger partial charge is 0.493 e. The SMILES string of the molecule is COc1cc(/C=C/C(=O)N(CC(=O)O)C(C)C)cc2c1OCCO2. The van der Waals surface area contributed by atoms with Gasteiger partial charge in [-0.1, -0.05) is 0 Å². The lowest BCUT2D eigenvalue weighted by molar-refractivity contribution is -0.143. The summed E-state index contributed by atoms with van der Waals surface area (Å²) in [5, 5.41) is 8.90. The van der Waals surface area contributed by atoms with Gasteiger partial charge < -0.3 is 24.2 Å². The quantitative estimate of drug-likeness (QED) is 0.798. The fourth-order valence-electron chi connectivity index (χ4n) is 2.31. The Hall–Kier alpha value is -2.70. The second kappa shape index (κ2) is 7.72. The molecule has 7 heteroatoms. The first kappa shape index (κ1) is 17.7. The number of carbonyl (C=O) groups is 2. The molecule has 0 radical (unpaired) electrons. The normalized spacial score (nSPS) is 13.2. The molecular weight excluding hydrogens is 314 g/mol. The van der Waals surface area contributed by atoms with E-state index in [-0.39, 0.29) is 18.5 Å². The molecule has 0 aromatic heterocycles. The van der Waals surface area contributed by atoms with Crippen LogP contribution in [0.5, 0.6) is 17.2 Å². The zero-order valence-electron chi connectivity index (χ0n) is 13.9. The molecule has 0 unspecified atom stereocenters. The Morgan fingerprint density at radius 1 is 1.33 bits per heavy atom. The summed E-state index contributed by atoms with van der Waals surface area (Å²) < 4.78 is 16.4. The van der Waals surface area contributed by atoms with Crippen LogP contribution in [0, 0.1) is 0 Å². The second-order valence-corrected chi connectivity index (χ2v) is 5.53. The number of ether oxygens (including phenoxy) is 3. The van der Waals surface area contributed by atoms with Crippen molar-refractivity contribution in [3.8, 4) is 17.2 Å². The first-order chi connectivity index (χ1) is 11.4. The van der Waals surface area contributed by atoms with Gasteiger partial charge in [-0.3, -0.25) is 9.59 Å². The van der Waals surface area contributed by atoms with Gasteiger partial charge in [0.2, 0.25) is 11.7 Å². The summed E-state index contributed by atoms with van der Waals surface area (Å²) in [5.74, 6) is 0.194. The Morgan fingerprint density at radius 3 is 2.67 bits per heavy atom. The molecular formula is C17H21NO6. The van der Waals surface area contributed by atoms with E-state index in [9.17, 15) is 9.59 Å². The Morgan fingerprint density at radius 2 is 2.04 bits per heavy atom. The van der Waals surface area contributed by atoms with Crippen LogP contribution in [-0.2, 0) is 9.59 Å². The van der Waals surface area contributed by atoms with Crippen LogP contribution in [-0.4, -0.2) is 54.8 Å². The molecule has 1 amide bonds. The van der Waals surface area contributed by atoms with Crippen LogP contribution in [0.25, 0.3) is 6.08 Å². The average Bonchev–Trinajstić information content (AvgIpc) is 2.56. The molecule has 1 aliphatic heterocycles. The predicted molar refractivity (Wildman–Crippen MR) is 87.5 cm³/mol. The highest BCUT2D eigenvalue weighted by Gasteiger charge is 2.19. The van der Waals surface area contributed by atoms with Crippen molar-refractivity contribution in [2.75, 3.05) is 26.9 Å². The molecule has 0 saturated heterocycles. The number of amides is 1. The molecule has 1 heterocycles. The van der Waals surface area contributed by atoms with Gasteiger partial charge in [0.15, 0.2) is 11.5 Å². The van der Waals surface area contributed by atoms with Crippen molar-refractivity contribution in [3.63, 3.8) is 0 Å². The van der Waals surface area contributed by atoms with Gasteiger partial charge in [-0.15, -0.1) is 0 Å². The van der Waals surface area contributed by atoms with Crippen LogP contribution >= 0.6 is 0 Å². The summed E-state index contributed by atoms with van der Waals surface area (Å²) in [4.78, 5) is 24.4. The fourth-order valence-corrected chi connectivity index (χ4v) is 2.31. The molecule has 0 atom stereocenters. The van der Waals surface area contributed by atoms with Crippen molar-refractivity contribution in [2.45, 2.75) is 19.9 Å². The summed E-state index contributed by atoms with van der Waals surface area (Å²) in [5.41, 5.74) is 0.698. The lowest BCUT2D eigenvalue weighted by Gasteiger charge is -2.23. The Bertz CT molecular complexity index is 635. The predicted octanol–water partition coefficient (Wildman–Crippen LogP) is 1.80. The molecule has 0 aliphatic carbocycles. The zero-order chi connectivity index (χ0) is 17.7. The summed E-state index contributed by atoms with van der Waals surface area (Å²) >= 11 is 0. The number of fused-ring (bicyclic) bond motifs is 1. The summed E-state index contributed by atoms with van der Waals surface area (Å²) in [6.07, 6.45) is 2.94. The Labute approximate surface area is 140 Å². The number of carboxylic acids is 1. The van der Waals surface area contributed by atoms with Crippen LogP contribution < -0.4 is 14.2 Å². The maximum Gasteiger partial charge on any atom is 0.323 e. The second-order valence-electron chi connectivity index (χ2n) is 5.53. The van der Waals surface area contributed by atoms with Crippen LogP contribution in [0.2, 0.25) is 0 Å². The highest BCUT2D eigenvalue weighted by molar-refractivity contribution is 5.94. The van der Waals surface area contributed by atoms with Gasteiger partial charge in [0.05, 0.1) is 7.11 Å². The van der Waals surface area contributed by atoms with Crippen molar-refractivity contribution >= 4 is 18.0 Å². The van der Waals surface area contributed by atoms with Crippen LogP contribution in [0.1, 0.15) is 19.4 Å². The molecule has 0 saturated carbocycles. The highest BCUT2D eigenvalue weighted by Crippen LogP contribution is 2.40. The average molecular weight is 335 g/mol. The number of hydrogen-bond acceptors (Lipinski definition) is 5. The minimum Gasteiger partial charge on any atom is -0.493 e. The van der Waals surface area contributed by atoms with E-state index in [0.717, 1.165) is 0 Å². The Kier molecular flexibility index (Phi) is 5.68. The number of methoxy groups -OCH3 is 1. The number of benzene rings is 1. The van der Waals surface area contributed by atoms with Gasteiger partial charge in [-0.25, -0.2) is 0 Å². The number of carboxylic acid groups (broad SMARTS) is 1. The van der Waals surface area contributed by atoms with E-state index in [1.54, 1.807) is 32.1 Å². The maximum atomic E-state index is 12.2. The molecule has 7 nitrogen and oxygen atoms in total. The standard InChI is InChI=1S/C17H21NO6/c1-11(2)18(10-16(20)21)15(19)5-4-12-8-13(22-3)17-14(9-12)23-6-7-24-17/h4-5,8-9,11H,6-7,10H2,1-3H3,(H,20,21)/b5-4+. The van der Waals surface area contributed by atoms with Crippen molar-refractivity contribution in [1.29, 1.82) is 0 Å². The van der Waals surface area contributed by atoms with Gasteiger partial charge in [-0.05, 0) is 37.6 Å². The number of hydrogen-bond donors (Lipinski definition) is 1. The van der Waals surface area contributed by atoms with Crippen molar-refractivity contribution in [1.82, 2.24) is 4.90 Å². The van der Waals surface area contributed by atoms with Crippen molar-refractivity contribution in [3.05, 3.63) is 23.8 Å². The molecule has 1 aliphatic rings. The Balaban J connectivity index is 2.21. The summed E-state index contributed by atoms with van der Waals surface area (Å²) in [7, 11) is 1.53. The van der Waals surface area contributed by atoms with E-state index in [4.69, 9.17) is 19.3 Å². The van der Waals surface area contributed by atoms with E-state index in [1.165, 1.54) is 18.1 Å².